The largest absolute Gasteiger partial charge is 0.361 e. The Morgan fingerprint density at radius 2 is 1.96 bits per heavy atom. The van der Waals surface area contributed by atoms with Gasteiger partial charge in [-0.1, -0.05) is 46.3 Å². The molecule has 1 heterocycles. The maximum Gasteiger partial charge on any atom is 0.312 e. The Kier molecular flexibility index (Phi) is 6.13. The van der Waals surface area contributed by atoms with Crippen LogP contribution in [0.3, 0.4) is 0 Å². The highest BCUT2D eigenvalue weighted by Crippen LogP contribution is 2.21. The molecule has 5 N–H and O–H groups in total. The number of H-pyrrole nitrogens is 1. The number of hydrogen-bond donors (Lipinski definition) is 4. The molecule has 0 fully saturated rings. The molecule has 1 aromatic heterocycles. The van der Waals surface area contributed by atoms with Gasteiger partial charge in [0.1, 0.15) is 0 Å². The number of halogens is 1. The second-order valence-corrected chi connectivity index (χ2v) is 7.20. The van der Waals surface area contributed by atoms with E-state index in [1.165, 1.54) is 0 Å². The maximum absolute atomic E-state index is 12.4. The molecule has 6 nitrogen and oxygen atoms in total. The summed E-state index contributed by atoms with van der Waals surface area (Å²) in [5.41, 5.74) is 8.32. The molecule has 0 bridgehead atoms. The van der Waals surface area contributed by atoms with Crippen LogP contribution in [0.15, 0.2) is 59.2 Å². The lowest BCUT2D eigenvalue weighted by atomic mass is 10.0. The van der Waals surface area contributed by atoms with Gasteiger partial charge in [-0.3, -0.25) is 4.79 Å². The zero-order valence-electron chi connectivity index (χ0n) is 14.7. The molecule has 3 rings (SSSR count). The van der Waals surface area contributed by atoms with Crippen molar-refractivity contribution >= 4 is 38.8 Å². The first kappa shape index (κ1) is 19.0. The van der Waals surface area contributed by atoms with Crippen molar-refractivity contribution in [1.29, 1.82) is 0 Å². The third kappa shape index (κ3) is 5.10. The number of rotatable bonds is 7. The molecule has 2 aromatic carbocycles. The van der Waals surface area contributed by atoms with E-state index in [4.69, 9.17) is 5.73 Å². The van der Waals surface area contributed by atoms with Gasteiger partial charge >= 0.3 is 6.03 Å². The molecule has 3 aromatic rings. The quantitative estimate of drug-likeness (QED) is 0.463. The van der Waals surface area contributed by atoms with Crippen molar-refractivity contribution in [3.8, 4) is 0 Å². The first-order valence-electron chi connectivity index (χ1n) is 8.66. The van der Waals surface area contributed by atoms with E-state index in [-0.39, 0.29) is 12.3 Å². The van der Waals surface area contributed by atoms with Gasteiger partial charge in [-0.2, -0.15) is 0 Å². The van der Waals surface area contributed by atoms with E-state index in [9.17, 15) is 9.59 Å². The van der Waals surface area contributed by atoms with Gasteiger partial charge in [0.05, 0.1) is 12.5 Å². The lowest BCUT2D eigenvalue weighted by Gasteiger charge is -2.18. The van der Waals surface area contributed by atoms with Crippen LogP contribution in [0.5, 0.6) is 0 Å². The molecule has 0 spiro atoms. The van der Waals surface area contributed by atoms with Crippen LogP contribution < -0.4 is 16.4 Å². The molecule has 0 radical (unpaired) electrons. The van der Waals surface area contributed by atoms with Crippen molar-refractivity contribution < 1.29 is 9.59 Å². The number of para-hydroxylation sites is 1. The first-order valence-corrected chi connectivity index (χ1v) is 9.45. The molecule has 3 amide bonds. The van der Waals surface area contributed by atoms with Gasteiger partial charge in [-0.05, 0) is 35.7 Å². The summed E-state index contributed by atoms with van der Waals surface area (Å²) in [5, 5.41) is 6.71. The predicted molar refractivity (Wildman–Crippen MR) is 109 cm³/mol. The van der Waals surface area contributed by atoms with Crippen molar-refractivity contribution in [3.63, 3.8) is 0 Å². The average Bonchev–Trinajstić information content (AvgIpc) is 3.04. The summed E-state index contributed by atoms with van der Waals surface area (Å²) in [6, 6.07) is 14.4. The van der Waals surface area contributed by atoms with E-state index in [0.29, 0.717) is 6.54 Å². The highest BCUT2D eigenvalue weighted by Gasteiger charge is 2.17. The normalized spacial score (nSPS) is 11.9. The van der Waals surface area contributed by atoms with E-state index >= 15 is 0 Å². The average molecular weight is 429 g/mol. The highest BCUT2D eigenvalue weighted by molar-refractivity contribution is 9.10. The molecule has 0 aliphatic carbocycles. The Labute approximate surface area is 165 Å². The van der Waals surface area contributed by atoms with Crippen LogP contribution in [-0.4, -0.2) is 23.5 Å². The molecule has 0 aliphatic rings. The number of urea groups is 1. The number of amides is 3. The third-order valence-corrected chi connectivity index (χ3v) is 4.84. The molecule has 0 saturated heterocycles. The molecule has 140 valence electrons. The zero-order chi connectivity index (χ0) is 19.2. The van der Waals surface area contributed by atoms with E-state index < -0.39 is 12.1 Å². The summed E-state index contributed by atoms with van der Waals surface area (Å²) >= 11 is 3.40. The van der Waals surface area contributed by atoms with Gasteiger partial charge in [0.2, 0.25) is 5.91 Å². The lowest BCUT2D eigenvalue weighted by molar-refractivity contribution is -0.121. The number of nitrogens with two attached hydrogens (primary N) is 1. The van der Waals surface area contributed by atoms with Crippen LogP contribution in [0.2, 0.25) is 0 Å². The molecule has 27 heavy (non-hydrogen) atoms. The molecule has 0 unspecified atom stereocenters. The second kappa shape index (κ2) is 8.73. The Morgan fingerprint density at radius 3 is 2.74 bits per heavy atom. The summed E-state index contributed by atoms with van der Waals surface area (Å²) in [4.78, 5) is 26.9. The smallest absolute Gasteiger partial charge is 0.312 e. The summed E-state index contributed by atoms with van der Waals surface area (Å²) in [6.07, 6.45) is 2.81. The Bertz CT molecular complexity index is 954. The van der Waals surface area contributed by atoms with E-state index in [0.717, 1.165) is 32.9 Å². The van der Waals surface area contributed by atoms with Crippen molar-refractivity contribution in [3.05, 3.63) is 70.3 Å². The number of hydrogen-bond acceptors (Lipinski definition) is 2. The minimum absolute atomic E-state index is 0.118. The van der Waals surface area contributed by atoms with Crippen molar-refractivity contribution in [1.82, 2.24) is 15.6 Å². The Morgan fingerprint density at radius 1 is 1.15 bits per heavy atom. The summed E-state index contributed by atoms with van der Waals surface area (Å²) in [6.45, 7) is 0.516. The van der Waals surface area contributed by atoms with E-state index in [2.05, 4.69) is 37.6 Å². The minimum Gasteiger partial charge on any atom is -0.361 e. The van der Waals surface area contributed by atoms with Gasteiger partial charge in [-0.25, -0.2) is 4.79 Å². The van der Waals surface area contributed by atoms with Gasteiger partial charge in [0.25, 0.3) is 0 Å². The Hall–Kier alpha value is -2.80. The van der Waals surface area contributed by atoms with Crippen LogP contribution >= 0.6 is 15.9 Å². The first-order chi connectivity index (χ1) is 13.0. The molecule has 0 aliphatic heterocycles. The van der Waals surface area contributed by atoms with E-state index in [1.54, 1.807) is 0 Å². The molecular formula is C20H21BrN4O2. The van der Waals surface area contributed by atoms with Crippen molar-refractivity contribution in [2.45, 2.75) is 18.9 Å². The predicted octanol–water partition coefficient (Wildman–Crippen LogP) is 3.39. The fourth-order valence-electron chi connectivity index (χ4n) is 3.08. The maximum atomic E-state index is 12.4. The number of primary amides is 1. The van der Waals surface area contributed by atoms with Gasteiger partial charge in [0, 0.05) is 28.1 Å². The fraction of sp³-hybridized carbons (Fsp3) is 0.200. The summed E-state index contributed by atoms with van der Waals surface area (Å²) < 4.78 is 0.871. The summed E-state index contributed by atoms with van der Waals surface area (Å²) in [5.74, 6) is -0.145. The monoisotopic (exact) mass is 428 g/mol. The van der Waals surface area contributed by atoms with Crippen molar-refractivity contribution in [2.75, 3.05) is 6.54 Å². The minimum atomic E-state index is -0.661. The molecule has 1 atom stereocenters. The second-order valence-electron chi connectivity index (χ2n) is 6.28. The third-order valence-electron chi connectivity index (χ3n) is 4.35. The summed E-state index contributed by atoms with van der Waals surface area (Å²) in [7, 11) is 0. The standard InChI is InChI=1S/C20H21BrN4O2/c21-15-5-3-4-13(10-15)18(25-20(22)27)11-19(26)23-9-8-14-12-24-17-7-2-1-6-16(14)17/h1-7,10,12,18,24H,8-9,11H2,(H,23,26)(H3,22,25,27)/t18-/m0/s1. The van der Waals surface area contributed by atoms with Gasteiger partial charge in [-0.15, -0.1) is 0 Å². The number of aromatic nitrogens is 1. The molecular weight excluding hydrogens is 408 g/mol. The Balaban J connectivity index is 1.58. The topological polar surface area (TPSA) is 100 Å². The highest BCUT2D eigenvalue weighted by atomic mass is 79.9. The lowest BCUT2D eigenvalue weighted by Crippen LogP contribution is -2.37. The SMILES string of the molecule is NC(=O)N[C@@H](CC(=O)NCCc1c[nH]c2ccccc12)c1cccc(Br)c1. The van der Waals surface area contributed by atoms with Crippen molar-refractivity contribution in [2.24, 2.45) is 5.73 Å². The number of aromatic amines is 1. The number of fused-ring (bicyclic) bond motifs is 1. The molecule has 0 saturated carbocycles. The van der Waals surface area contributed by atoms with Gasteiger partial charge in [0.15, 0.2) is 0 Å². The number of carbonyl (C=O) groups excluding carboxylic acids is 2. The fourth-order valence-corrected chi connectivity index (χ4v) is 3.50. The van der Waals surface area contributed by atoms with Gasteiger partial charge < -0.3 is 21.4 Å². The van der Waals surface area contributed by atoms with Crippen LogP contribution in [-0.2, 0) is 11.2 Å². The molecule has 7 heteroatoms. The zero-order valence-corrected chi connectivity index (χ0v) is 16.3. The van der Waals surface area contributed by atoms with Crippen LogP contribution in [0.1, 0.15) is 23.6 Å². The number of nitrogens with one attached hydrogen (secondary N) is 3. The number of benzene rings is 2. The van der Waals surface area contributed by atoms with E-state index in [1.807, 2.05) is 48.7 Å². The number of carbonyl (C=O) groups is 2. The van der Waals surface area contributed by atoms with Crippen LogP contribution in [0.25, 0.3) is 10.9 Å². The van der Waals surface area contributed by atoms with Crippen LogP contribution in [0.4, 0.5) is 4.79 Å². The van der Waals surface area contributed by atoms with Crippen LogP contribution in [0, 0.1) is 0 Å².